The highest BCUT2D eigenvalue weighted by molar-refractivity contribution is 7.22. The molecule has 3 rings (SSSR count). The van der Waals surface area contributed by atoms with Crippen LogP contribution in [0.1, 0.15) is 30.9 Å². The van der Waals surface area contributed by atoms with Crippen LogP contribution in [0.25, 0.3) is 10.2 Å². The summed E-state index contributed by atoms with van der Waals surface area (Å²) >= 11 is 1.48. The number of rotatable bonds is 6. The van der Waals surface area contributed by atoms with Gasteiger partial charge in [0.2, 0.25) is 5.13 Å². The third kappa shape index (κ3) is 4.28. The number of carbonyl (C=O) groups excluding carboxylic acids is 1. The molecule has 5 nitrogen and oxygen atoms in total. The minimum atomic E-state index is -0.254. The SMILES string of the molecule is Cc1ccc(C(C)C)c(OCC(=O)NNc2nc3ccccc3s2)c1. The fraction of sp³-hybridized carbons (Fsp3) is 0.263. The molecular weight excluding hydrogens is 334 g/mol. The standard InChI is InChI=1S/C19H21N3O2S/c1-12(2)14-9-8-13(3)10-16(14)24-11-18(23)21-22-19-20-15-6-4-5-7-17(15)25-19/h4-10,12H,11H2,1-3H3,(H,20,22)(H,21,23). The van der Waals surface area contributed by atoms with Gasteiger partial charge < -0.3 is 4.74 Å². The lowest BCUT2D eigenvalue weighted by Crippen LogP contribution is -2.33. The maximum atomic E-state index is 12.0. The van der Waals surface area contributed by atoms with Crippen LogP contribution in [0, 0.1) is 6.92 Å². The van der Waals surface area contributed by atoms with Gasteiger partial charge in [-0.15, -0.1) is 0 Å². The quantitative estimate of drug-likeness (QED) is 0.649. The lowest BCUT2D eigenvalue weighted by atomic mass is 10.0. The van der Waals surface area contributed by atoms with E-state index in [1.54, 1.807) is 0 Å². The molecule has 0 fully saturated rings. The molecule has 0 saturated heterocycles. The summed E-state index contributed by atoms with van der Waals surface area (Å²) in [6, 6.07) is 13.9. The molecule has 6 heteroatoms. The smallest absolute Gasteiger partial charge is 0.276 e. The van der Waals surface area contributed by atoms with Crippen LogP contribution in [0.3, 0.4) is 0 Å². The molecule has 0 spiro atoms. The number of aryl methyl sites for hydroxylation is 1. The molecule has 1 heterocycles. The van der Waals surface area contributed by atoms with Crippen molar-refractivity contribution in [2.24, 2.45) is 0 Å². The number of thiazole rings is 1. The van der Waals surface area contributed by atoms with Crippen molar-refractivity contribution in [2.75, 3.05) is 12.0 Å². The van der Waals surface area contributed by atoms with Gasteiger partial charge in [-0.3, -0.25) is 15.6 Å². The van der Waals surface area contributed by atoms with E-state index in [4.69, 9.17) is 4.74 Å². The number of hydrogen-bond acceptors (Lipinski definition) is 5. The third-order valence-corrected chi connectivity index (χ3v) is 4.70. The number of aromatic nitrogens is 1. The number of fused-ring (bicyclic) bond motifs is 1. The first-order valence-electron chi connectivity index (χ1n) is 8.16. The Bertz CT molecular complexity index is 856. The number of carbonyl (C=O) groups is 1. The molecule has 130 valence electrons. The van der Waals surface area contributed by atoms with Gasteiger partial charge in [-0.05, 0) is 42.2 Å². The molecule has 2 aromatic carbocycles. The first-order valence-corrected chi connectivity index (χ1v) is 8.98. The van der Waals surface area contributed by atoms with E-state index in [1.807, 2.05) is 43.3 Å². The Hall–Kier alpha value is -2.60. The molecule has 0 radical (unpaired) electrons. The lowest BCUT2D eigenvalue weighted by molar-refractivity contribution is -0.122. The van der Waals surface area contributed by atoms with Crippen LogP contribution in [-0.2, 0) is 4.79 Å². The number of ether oxygens (including phenoxy) is 1. The van der Waals surface area contributed by atoms with E-state index in [0.717, 1.165) is 27.1 Å². The van der Waals surface area contributed by atoms with Crippen molar-refractivity contribution in [3.05, 3.63) is 53.6 Å². The molecular formula is C19H21N3O2S. The molecule has 0 aliphatic heterocycles. The Labute approximate surface area is 151 Å². The summed E-state index contributed by atoms with van der Waals surface area (Å²) in [6.07, 6.45) is 0. The highest BCUT2D eigenvalue weighted by Crippen LogP contribution is 2.27. The highest BCUT2D eigenvalue weighted by Gasteiger charge is 2.11. The summed E-state index contributed by atoms with van der Waals surface area (Å²) in [5.41, 5.74) is 8.58. The van der Waals surface area contributed by atoms with E-state index in [0.29, 0.717) is 11.0 Å². The number of anilines is 1. The van der Waals surface area contributed by atoms with E-state index < -0.39 is 0 Å². The number of hydrazine groups is 1. The second-order valence-corrected chi connectivity index (χ2v) is 7.18. The number of benzene rings is 2. The zero-order valence-corrected chi connectivity index (χ0v) is 15.3. The van der Waals surface area contributed by atoms with Crippen LogP contribution in [0.5, 0.6) is 5.75 Å². The van der Waals surface area contributed by atoms with Crippen molar-refractivity contribution in [3.63, 3.8) is 0 Å². The third-order valence-electron chi connectivity index (χ3n) is 3.75. The Morgan fingerprint density at radius 1 is 1.24 bits per heavy atom. The van der Waals surface area contributed by atoms with Crippen LogP contribution in [-0.4, -0.2) is 17.5 Å². The number of nitrogens with one attached hydrogen (secondary N) is 2. The van der Waals surface area contributed by atoms with Gasteiger partial charge in [-0.25, -0.2) is 4.98 Å². The minimum Gasteiger partial charge on any atom is -0.483 e. The predicted molar refractivity (Wildman–Crippen MR) is 102 cm³/mol. The molecule has 25 heavy (non-hydrogen) atoms. The zero-order valence-electron chi connectivity index (χ0n) is 14.5. The average molecular weight is 355 g/mol. The van der Waals surface area contributed by atoms with E-state index in [1.165, 1.54) is 11.3 Å². The molecule has 0 saturated carbocycles. The van der Waals surface area contributed by atoms with Gasteiger partial charge in [0.05, 0.1) is 10.2 Å². The maximum Gasteiger partial charge on any atom is 0.276 e. The maximum absolute atomic E-state index is 12.0. The molecule has 2 N–H and O–H groups in total. The molecule has 0 aliphatic carbocycles. The van der Waals surface area contributed by atoms with Crippen LogP contribution in [0.4, 0.5) is 5.13 Å². The number of amides is 1. The van der Waals surface area contributed by atoms with E-state index in [9.17, 15) is 4.79 Å². The molecule has 0 bridgehead atoms. The number of nitrogens with zero attached hydrogens (tertiary/aromatic N) is 1. The summed E-state index contributed by atoms with van der Waals surface area (Å²) in [6.45, 7) is 6.16. The monoisotopic (exact) mass is 355 g/mol. The molecule has 0 atom stereocenters. The summed E-state index contributed by atoms with van der Waals surface area (Å²) in [5.74, 6) is 0.833. The van der Waals surface area contributed by atoms with Gasteiger partial charge in [-0.1, -0.05) is 49.4 Å². The van der Waals surface area contributed by atoms with E-state index in [-0.39, 0.29) is 12.5 Å². The molecule has 1 amide bonds. The fourth-order valence-electron chi connectivity index (χ4n) is 2.47. The first kappa shape index (κ1) is 17.2. The fourth-order valence-corrected chi connectivity index (χ4v) is 3.29. The normalized spacial score (nSPS) is 10.9. The number of para-hydroxylation sites is 1. The average Bonchev–Trinajstić information content (AvgIpc) is 3.01. The van der Waals surface area contributed by atoms with Gasteiger partial charge >= 0.3 is 0 Å². The van der Waals surface area contributed by atoms with Crippen molar-refractivity contribution in [3.8, 4) is 5.75 Å². The van der Waals surface area contributed by atoms with Crippen molar-refractivity contribution in [2.45, 2.75) is 26.7 Å². The Kier molecular flexibility index (Phi) is 5.19. The second kappa shape index (κ2) is 7.53. The van der Waals surface area contributed by atoms with Gasteiger partial charge in [-0.2, -0.15) is 0 Å². The lowest BCUT2D eigenvalue weighted by Gasteiger charge is -2.14. The predicted octanol–water partition coefficient (Wildman–Crippen LogP) is 4.25. The Balaban J connectivity index is 1.57. The van der Waals surface area contributed by atoms with Gasteiger partial charge in [0.25, 0.3) is 5.91 Å². The minimum absolute atomic E-state index is 0.0545. The van der Waals surface area contributed by atoms with Gasteiger partial charge in [0, 0.05) is 0 Å². The summed E-state index contributed by atoms with van der Waals surface area (Å²) in [5, 5.41) is 0.646. The van der Waals surface area contributed by atoms with Crippen molar-refractivity contribution in [1.29, 1.82) is 0 Å². The van der Waals surface area contributed by atoms with Crippen LogP contribution in [0.2, 0.25) is 0 Å². The van der Waals surface area contributed by atoms with Crippen molar-refractivity contribution < 1.29 is 9.53 Å². The highest BCUT2D eigenvalue weighted by atomic mass is 32.1. The summed E-state index contributed by atoms with van der Waals surface area (Å²) in [7, 11) is 0. The van der Waals surface area contributed by atoms with Crippen LogP contribution in [0.15, 0.2) is 42.5 Å². The Morgan fingerprint density at radius 2 is 2.04 bits per heavy atom. The number of hydrogen-bond donors (Lipinski definition) is 2. The summed E-state index contributed by atoms with van der Waals surface area (Å²) in [4.78, 5) is 16.5. The molecule has 0 unspecified atom stereocenters. The molecule has 0 aliphatic rings. The Morgan fingerprint density at radius 3 is 2.80 bits per heavy atom. The largest absolute Gasteiger partial charge is 0.483 e. The van der Waals surface area contributed by atoms with Crippen LogP contribution < -0.4 is 15.6 Å². The molecule has 1 aromatic heterocycles. The van der Waals surface area contributed by atoms with E-state index in [2.05, 4.69) is 35.7 Å². The van der Waals surface area contributed by atoms with Gasteiger partial charge in [0.1, 0.15) is 5.75 Å². The summed E-state index contributed by atoms with van der Waals surface area (Å²) < 4.78 is 6.79. The van der Waals surface area contributed by atoms with Crippen LogP contribution >= 0.6 is 11.3 Å². The zero-order chi connectivity index (χ0) is 17.8. The second-order valence-electron chi connectivity index (χ2n) is 6.14. The van der Waals surface area contributed by atoms with E-state index >= 15 is 0 Å². The van der Waals surface area contributed by atoms with Crippen molar-refractivity contribution in [1.82, 2.24) is 10.4 Å². The molecule has 3 aromatic rings. The van der Waals surface area contributed by atoms with Gasteiger partial charge in [0.15, 0.2) is 6.61 Å². The topological polar surface area (TPSA) is 63.2 Å². The first-order chi connectivity index (χ1) is 12.0. The van der Waals surface area contributed by atoms with Crippen molar-refractivity contribution >= 4 is 32.6 Å².